The van der Waals surface area contributed by atoms with Crippen LogP contribution in [0.3, 0.4) is 0 Å². The Labute approximate surface area is 224 Å². The highest BCUT2D eigenvalue weighted by atomic mass is 32.2. The maximum atomic E-state index is 13.4. The number of carbonyl (C=O) groups is 2. The molecule has 0 spiro atoms. The number of likely N-dealkylation sites (tertiary alicyclic amines) is 2. The van der Waals surface area contributed by atoms with Crippen molar-refractivity contribution in [2.45, 2.75) is 55.9 Å². The lowest BCUT2D eigenvalue weighted by Crippen LogP contribution is -2.51. The maximum Gasteiger partial charge on any atom is 0.241 e. The van der Waals surface area contributed by atoms with Crippen molar-refractivity contribution in [3.05, 3.63) is 42.5 Å². The number of guanidine groups is 1. The molecule has 11 heteroatoms. The number of rotatable bonds is 8. The minimum Gasteiger partial charge on any atom is -0.370 e. The summed E-state index contributed by atoms with van der Waals surface area (Å²) in [6.07, 6.45) is 5.39. The van der Waals surface area contributed by atoms with E-state index in [1.165, 1.54) is 6.07 Å². The number of hydrogen-bond donors (Lipinski definition) is 4. The molecule has 0 radical (unpaired) electrons. The first-order valence-electron chi connectivity index (χ1n) is 13.4. The summed E-state index contributed by atoms with van der Waals surface area (Å²) in [5.41, 5.74) is 5.63. The minimum atomic E-state index is -4.08. The van der Waals surface area contributed by atoms with Gasteiger partial charge in [-0.3, -0.25) is 15.0 Å². The quantitative estimate of drug-likeness (QED) is 0.296. The molecule has 0 aromatic heterocycles. The fourth-order valence-electron chi connectivity index (χ4n) is 5.22. The van der Waals surface area contributed by atoms with Crippen molar-refractivity contribution in [1.29, 1.82) is 5.41 Å². The molecular weight excluding hydrogens is 504 g/mol. The summed E-state index contributed by atoms with van der Waals surface area (Å²) < 4.78 is 29.3. The van der Waals surface area contributed by atoms with Gasteiger partial charge in [0.25, 0.3) is 0 Å². The third kappa shape index (κ3) is 7.22. The standard InChI is InChI=1S/C27H38N6O4S/c28-27(29)33-15-7-8-20(19-33)18-30-26(35)24(17-25(34)32-13-5-1-2-6-14-32)31-38(36,37)23-12-11-21-9-3-4-10-22(21)16-23/h3-4,9-12,16,20,24,31H,1-2,5-8,13-15,17-19H2,(H3,28,29)(H,30,35)/t20?,24-/m1/s1. The molecule has 4 rings (SSSR count). The predicted octanol–water partition coefficient (Wildman–Crippen LogP) is 2.00. The highest BCUT2D eigenvalue weighted by Crippen LogP contribution is 2.20. The van der Waals surface area contributed by atoms with E-state index in [2.05, 4.69) is 10.0 Å². The molecule has 2 aliphatic rings. The highest BCUT2D eigenvalue weighted by Gasteiger charge is 2.31. The van der Waals surface area contributed by atoms with E-state index in [9.17, 15) is 18.0 Å². The number of hydrogen-bond acceptors (Lipinski definition) is 5. The van der Waals surface area contributed by atoms with Crippen molar-refractivity contribution >= 4 is 38.6 Å². The molecule has 206 valence electrons. The second kappa shape index (κ2) is 12.6. The first kappa shape index (κ1) is 27.8. The average molecular weight is 543 g/mol. The molecule has 0 bridgehead atoms. The lowest BCUT2D eigenvalue weighted by atomic mass is 9.98. The van der Waals surface area contributed by atoms with E-state index in [4.69, 9.17) is 11.1 Å². The van der Waals surface area contributed by atoms with Gasteiger partial charge in [0.1, 0.15) is 6.04 Å². The molecule has 2 aromatic rings. The SMILES string of the molecule is N=C(N)N1CCCC(CNC(=O)[C@@H](CC(=O)N2CCCCCC2)NS(=O)(=O)c2ccc3ccccc3c2)C1. The number of nitrogens with zero attached hydrogens (tertiary/aromatic N) is 2. The summed E-state index contributed by atoms with van der Waals surface area (Å²) in [6.45, 7) is 2.81. The van der Waals surface area contributed by atoms with Crippen LogP contribution in [-0.2, 0) is 19.6 Å². The van der Waals surface area contributed by atoms with Gasteiger partial charge in [0, 0.05) is 32.7 Å². The average Bonchev–Trinajstić information content (AvgIpc) is 3.21. The summed E-state index contributed by atoms with van der Waals surface area (Å²) >= 11 is 0. The van der Waals surface area contributed by atoms with Crippen LogP contribution < -0.4 is 15.8 Å². The number of piperidine rings is 1. The minimum absolute atomic E-state index is 0.00472. The van der Waals surface area contributed by atoms with E-state index in [1.807, 2.05) is 24.3 Å². The molecular formula is C27H38N6O4S. The zero-order valence-electron chi connectivity index (χ0n) is 21.7. The Morgan fingerprint density at radius 3 is 2.37 bits per heavy atom. The van der Waals surface area contributed by atoms with Crippen LogP contribution in [0.2, 0.25) is 0 Å². The van der Waals surface area contributed by atoms with Crippen molar-refractivity contribution in [2.75, 3.05) is 32.7 Å². The third-order valence-electron chi connectivity index (χ3n) is 7.41. The van der Waals surface area contributed by atoms with Crippen LogP contribution in [0.1, 0.15) is 44.9 Å². The molecule has 2 aromatic carbocycles. The van der Waals surface area contributed by atoms with Gasteiger partial charge in [0.05, 0.1) is 11.3 Å². The molecule has 2 aliphatic heterocycles. The lowest BCUT2D eigenvalue weighted by Gasteiger charge is -2.33. The summed E-state index contributed by atoms with van der Waals surface area (Å²) in [7, 11) is -4.08. The van der Waals surface area contributed by atoms with Gasteiger partial charge in [-0.25, -0.2) is 8.42 Å². The van der Waals surface area contributed by atoms with Crippen molar-refractivity contribution < 1.29 is 18.0 Å². The molecule has 38 heavy (non-hydrogen) atoms. The van der Waals surface area contributed by atoms with Crippen LogP contribution in [-0.4, -0.2) is 74.8 Å². The van der Waals surface area contributed by atoms with E-state index in [-0.39, 0.29) is 29.1 Å². The molecule has 2 amide bonds. The van der Waals surface area contributed by atoms with Gasteiger partial charge >= 0.3 is 0 Å². The Balaban J connectivity index is 1.49. The topological polar surface area (TPSA) is 149 Å². The lowest BCUT2D eigenvalue weighted by molar-refractivity contribution is -0.134. The smallest absolute Gasteiger partial charge is 0.241 e. The molecule has 0 aliphatic carbocycles. The fraction of sp³-hybridized carbons (Fsp3) is 0.519. The van der Waals surface area contributed by atoms with E-state index in [0.717, 1.165) is 49.3 Å². The number of fused-ring (bicyclic) bond motifs is 1. The maximum absolute atomic E-state index is 13.4. The van der Waals surface area contributed by atoms with Gasteiger partial charge in [-0.1, -0.05) is 43.2 Å². The van der Waals surface area contributed by atoms with Crippen LogP contribution in [0.15, 0.2) is 47.4 Å². The highest BCUT2D eigenvalue weighted by molar-refractivity contribution is 7.89. The van der Waals surface area contributed by atoms with Gasteiger partial charge in [0.2, 0.25) is 21.8 Å². The summed E-state index contributed by atoms with van der Waals surface area (Å²) in [6, 6.07) is 11.0. The second-order valence-electron chi connectivity index (χ2n) is 10.3. The Morgan fingerprint density at radius 2 is 1.66 bits per heavy atom. The number of nitrogens with two attached hydrogens (primary N) is 1. The van der Waals surface area contributed by atoms with Gasteiger partial charge in [-0.15, -0.1) is 0 Å². The van der Waals surface area contributed by atoms with Gasteiger partial charge < -0.3 is 20.9 Å². The molecule has 2 atom stereocenters. The Morgan fingerprint density at radius 1 is 0.974 bits per heavy atom. The van der Waals surface area contributed by atoms with E-state index in [0.29, 0.717) is 32.7 Å². The Hall–Kier alpha value is -3.18. The summed E-state index contributed by atoms with van der Waals surface area (Å²) in [5, 5.41) is 12.2. The summed E-state index contributed by atoms with van der Waals surface area (Å²) in [4.78, 5) is 30.0. The fourth-order valence-corrected chi connectivity index (χ4v) is 6.45. The van der Waals surface area contributed by atoms with E-state index < -0.39 is 22.0 Å². The van der Waals surface area contributed by atoms with Crippen LogP contribution in [0, 0.1) is 11.3 Å². The van der Waals surface area contributed by atoms with Crippen molar-refractivity contribution in [1.82, 2.24) is 19.8 Å². The zero-order chi connectivity index (χ0) is 27.1. The molecule has 0 saturated carbocycles. The molecule has 10 nitrogen and oxygen atoms in total. The first-order chi connectivity index (χ1) is 18.2. The Bertz CT molecular complexity index is 1260. The number of carbonyl (C=O) groups excluding carboxylic acids is 2. The molecule has 2 heterocycles. The Kier molecular flexibility index (Phi) is 9.22. The second-order valence-corrected chi connectivity index (χ2v) is 12.0. The first-order valence-corrected chi connectivity index (χ1v) is 14.9. The molecule has 2 saturated heterocycles. The normalized spacial score (nSPS) is 19.5. The molecule has 2 fully saturated rings. The van der Waals surface area contributed by atoms with Gasteiger partial charge in [-0.05, 0) is 54.5 Å². The van der Waals surface area contributed by atoms with Crippen LogP contribution in [0.4, 0.5) is 0 Å². The monoisotopic (exact) mass is 542 g/mol. The van der Waals surface area contributed by atoms with Crippen LogP contribution >= 0.6 is 0 Å². The predicted molar refractivity (Wildman–Crippen MR) is 147 cm³/mol. The van der Waals surface area contributed by atoms with Crippen molar-refractivity contribution in [2.24, 2.45) is 11.7 Å². The largest absolute Gasteiger partial charge is 0.370 e. The van der Waals surface area contributed by atoms with E-state index >= 15 is 0 Å². The zero-order valence-corrected chi connectivity index (χ0v) is 22.5. The number of amides is 2. The molecule has 1 unspecified atom stereocenters. The number of sulfonamides is 1. The van der Waals surface area contributed by atoms with Crippen LogP contribution in [0.5, 0.6) is 0 Å². The number of benzene rings is 2. The van der Waals surface area contributed by atoms with Gasteiger partial charge in [-0.2, -0.15) is 4.72 Å². The molecule has 5 N–H and O–H groups in total. The number of nitrogens with one attached hydrogen (secondary N) is 3. The van der Waals surface area contributed by atoms with Crippen molar-refractivity contribution in [3.8, 4) is 0 Å². The van der Waals surface area contributed by atoms with E-state index in [1.54, 1.807) is 21.9 Å². The summed E-state index contributed by atoms with van der Waals surface area (Å²) in [5.74, 6) is -0.674. The van der Waals surface area contributed by atoms with Crippen molar-refractivity contribution in [3.63, 3.8) is 0 Å². The third-order valence-corrected chi connectivity index (χ3v) is 8.88. The van der Waals surface area contributed by atoms with Gasteiger partial charge in [0.15, 0.2) is 5.96 Å². The van der Waals surface area contributed by atoms with Crippen LogP contribution in [0.25, 0.3) is 10.8 Å².